The summed E-state index contributed by atoms with van der Waals surface area (Å²) in [6.45, 7) is 3.53. The van der Waals surface area contributed by atoms with Crippen LogP contribution in [0.25, 0.3) is 0 Å². The van der Waals surface area contributed by atoms with Crippen molar-refractivity contribution in [3.63, 3.8) is 0 Å². The lowest BCUT2D eigenvalue weighted by atomic mass is 10.1. The summed E-state index contributed by atoms with van der Waals surface area (Å²) < 4.78 is 20.1. The highest BCUT2D eigenvalue weighted by atomic mass is 35.5. The number of hydrogen-bond acceptors (Lipinski definition) is 7. The number of carbonyl (C=O) groups excluding carboxylic acids is 3. The molecule has 7 nitrogen and oxygen atoms in total. The molecule has 0 radical (unpaired) electrons. The molecule has 0 aromatic heterocycles. The monoisotopic (exact) mass is 294 g/mol. The Bertz CT molecular complexity index is 370. The van der Waals surface area contributed by atoms with Gasteiger partial charge in [0.1, 0.15) is 0 Å². The topological polar surface area (TPSA) is 88.1 Å². The van der Waals surface area contributed by atoms with Crippen LogP contribution in [0.3, 0.4) is 0 Å². The van der Waals surface area contributed by atoms with E-state index in [4.69, 9.17) is 30.5 Å². The average molecular weight is 295 g/mol. The molecule has 1 rings (SSSR count). The molecular formula is C11H15ClO7. The first kappa shape index (κ1) is 15.7. The SMILES string of the molecule is CC(=O)O[C@@H]1[C@H](OC(C)=O)[C@@H](OC(C)=O)CO[C@H]1Cl. The maximum absolute atomic E-state index is 11.1. The Kier molecular flexibility index (Phi) is 5.56. The zero-order valence-corrected chi connectivity index (χ0v) is 11.5. The molecule has 0 N–H and O–H groups in total. The standard InChI is InChI=1S/C11H15ClO7/c1-5(13)17-8-4-16-11(12)10(19-7(3)15)9(8)18-6(2)14/h8-11H,4H2,1-3H3/t8-,9+,10+,11+/m0/s1. The summed E-state index contributed by atoms with van der Waals surface area (Å²) >= 11 is 5.88. The Balaban J connectivity index is 2.89. The third-order valence-electron chi connectivity index (χ3n) is 2.29. The minimum absolute atomic E-state index is 0.0521. The summed E-state index contributed by atoms with van der Waals surface area (Å²) in [6, 6.07) is 0. The fourth-order valence-electron chi connectivity index (χ4n) is 1.70. The van der Waals surface area contributed by atoms with Crippen LogP contribution < -0.4 is 0 Å². The second-order valence-electron chi connectivity index (χ2n) is 3.98. The van der Waals surface area contributed by atoms with E-state index in [1.165, 1.54) is 20.8 Å². The Morgan fingerprint density at radius 3 is 1.89 bits per heavy atom. The third kappa shape index (κ3) is 4.68. The van der Waals surface area contributed by atoms with Gasteiger partial charge in [-0.1, -0.05) is 11.6 Å². The third-order valence-corrected chi connectivity index (χ3v) is 2.66. The van der Waals surface area contributed by atoms with Crippen molar-refractivity contribution in [2.75, 3.05) is 6.61 Å². The van der Waals surface area contributed by atoms with E-state index in [1.54, 1.807) is 0 Å². The number of carbonyl (C=O) groups is 3. The van der Waals surface area contributed by atoms with Crippen molar-refractivity contribution in [3.8, 4) is 0 Å². The predicted octanol–water partition coefficient (Wildman–Crippen LogP) is 0.377. The molecule has 19 heavy (non-hydrogen) atoms. The van der Waals surface area contributed by atoms with E-state index >= 15 is 0 Å². The van der Waals surface area contributed by atoms with Gasteiger partial charge in [0, 0.05) is 20.8 Å². The highest BCUT2D eigenvalue weighted by Gasteiger charge is 2.46. The van der Waals surface area contributed by atoms with Gasteiger partial charge in [-0.3, -0.25) is 14.4 Å². The van der Waals surface area contributed by atoms with Gasteiger partial charge in [0.2, 0.25) is 0 Å². The first-order valence-corrected chi connectivity index (χ1v) is 6.02. The van der Waals surface area contributed by atoms with Crippen LogP contribution in [0.1, 0.15) is 20.8 Å². The molecule has 0 aromatic carbocycles. The fourth-order valence-corrected chi connectivity index (χ4v) is 1.97. The molecule has 108 valence electrons. The molecule has 1 aliphatic heterocycles. The summed E-state index contributed by atoms with van der Waals surface area (Å²) in [5, 5.41) is 0. The molecule has 1 saturated heterocycles. The van der Waals surface area contributed by atoms with Crippen LogP contribution in [0.5, 0.6) is 0 Å². The van der Waals surface area contributed by atoms with Gasteiger partial charge in [-0.05, 0) is 0 Å². The van der Waals surface area contributed by atoms with Gasteiger partial charge in [0.05, 0.1) is 6.61 Å². The molecule has 1 heterocycles. The lowest BCUT2D eigenvalue weighted by molar-refractivity contribution is -0.214. The van der Waals surface area contributed by atoms with Gasteiger partial charge in [0.15, 0.2) is 23.9 Å². The summed E-state index contributed by atoms with van der Waals surface area (Å²) in [7, 11) is 0. The van der Waals surface area contributed by atoms with Crippen LogP contribution in [0.2, 0.25) is 0 Å². The van der Waals surface area contributed by atoms with E-state index < -0.39 is 41.8 Å². The van der Waals surface area contributed by atoms with Crippen molar-refractivity contribution in [1.82, 2.24) is 0 Å². The molecule has 8 heteroatoms. The van der Waals surface area contributed by atoms with Gasteiger partial charge in [-0.15, -0.1) is 0 Å². The fraction of sp³-hybridized carbons (Fsp3) is 0.727. The predicted molar refractivity (Wildman–Crippen MR) is 62.3 cm³/mol. The summed E-state index contributed by atoms with van der Waals surface area (Å²) in [4.78, 5) is 33.1. The Labute approximate surface area is 115 Å². The van der Waals surface area contributed by atoms with Gasteiger partial charge in [-0.25, -0.2) is 0 Å². The maximum Gasteiger partial charge on any atom is 0.303 e. The Hall–Kier alpha value is -1.34. The van der Waals surface area contributed by atoms with Crippen molar-refractivity contribution in [2.45, 2.75) is 44.6 Å². The molecule has 0 amide bonds. The molecular weight excluding hydrogens is 280 g/mol. The molecule has 0 saturated carbocycles. The zero-order valence-electron chi connectivity index (χ0n) is 10.8. The molecule has 0 unspecified atom stereocenters. The van der Waals surface area contributed by atoms with Crippen molar-refractivity contribution in [2.24, 2.45) is 0 Å². The lowest BCUT2D eigenvalue weighted by Gasteiger charge is -2.38. The highest BCUT2D eigenvalue weighted by Crippen LogP contribution is 2.26. The van der Waals surface area contributed by atoms with E-state index in [1.807, 2.05) is 0 Å². The number of esters is 3. The van der Waals surface area contributed by atoms with Gasteiger partial charge in [-0.2, -0.15) is 0 Å². The molecule has 0 bridgehead atoms. The second kappa shape index (κ2) is 6.72. The zero-order chi connectivity index (χ0) is 14.6. The maximum atomic E-state index is 11.1. The van der Waals surface area contributed by atoms with Crippen molar-refractivity contribution < 1.29 is 33.3 Å². The molecule has 1 fully saturated rings. The lowest BCUT2D eigenvalue weighted by Crippen LogP contribution is -2.55. The van der Waals surface area contributed by atoms with E-state index in [0.717, 1.165) is 0 Å². The summed E-state index contributed by atoms with van der Waals surface area (Å²) in [5.74, 6) is -1.79. The summed E-state index contributed by atoms with van der Waals surface area (Å²) in [5.41, 5.74) is -0.986. The molecule has 0 aromatic rings. The Morgan fingerprint density at radius 1 is 0.947 bits per heavy atom. The minimum Gasteiger partial charge on any atom is -0.456 e. The van der Waals surface area contributed by atoms with Crippen LogP contribution in [0.4, 0.5) is 0 Å². The molecule has 1 aliphatic rings. The van der Waals surface area contributed by atoms with Gasteiger partial charge >= 0.3 is 17.9 Å². The van der Waals surface area contributed by atoms with Crippen LogP contribution >= 0.6 is 11.6 Å². The number of rotatable bonds is 3. The number of halogens is 1. The first-order valence-electron chi connectivity index (χ1n) is 5.58. The van der Waals surface area contributed by atoms with Crippen molar-refractivity contribution >= 4 is 29.5 Å². The van der Waals surface area contributed by atoms with E-state index in [2.05, 4.69) is 0 Å². The second-order valence-corrected chi connectivity index (χ2v) is 4.41. The Morgan fingerprint density at radius 2 is 1.42 bits per heavy atom. The number of hydrogen-bond donors (Lipinski definition) is 0. The van der Waals surface area contributed by atoms with Crippen LogP contribution in [-0.4, -0.2) is 48.4 Å². The highest BCUT2D eigenvalue weighted by molar-refractivity contribution is 6.20. The van der Waals surface area contributed by atoms with Crippen LogP contribution in [-0.2, 0) is 33.3 Å². The molecule has 0 spiro atoms. The summed E-state index contributed by atoms with van der Waals surface area (Å²) in [6.07, 6.45) is -2.91. The number of alkyl halides is 1. The van der Waals surface area contributed by atoms with Crippen LogP contribution in [0, 0.1) is 0 Å². The normalized spacial score (nSPS) is 30.3. The first-order chi connectivity index (χ1) is 8.81. The van der Waals surface area contributed by atoms with E-state index in [0.29, 0.717) is 0 Å². The average Bonchev–Trinajstić information content (AvgIpc) is 2.25. The van der Waals surface area contributed by atoms with E-state index in [9.17, 15) is 14.4 Å². The van der Waals surface area contributed by atoms with Crippen molar-refractivity contribution in [3.05, 3.63) is 0 Å². The van der Waals surface area contributed by atoms with Gasteiger partial charge in [0.25, 0.3) is 0 Å². The number of ether oxygens (including phenoxy) is 4. The molecule has 4 atom stereocenters. The van der Waals surface area contributed by atoms with Crippen molar-refractivity contribution in [1.29, 1.82) is 0 Å². The minimum atomic E-state index is -1.04. The van der Waals surface area contributed by atoms with E-state index in [-0.39, 0.29) is 6.61 Å². The smallest absolute Gasteiger partial charge is 0.303 e. The largest absolute Gasteiger partial charge is 0.456 e. The quantitative estimate of drug-likeness (QED) is 0.422. The van der Waals surface area contributed by atoms with Gasteiger partial charge < -0.3 is 18.9 Å². The molecule has 0 aliphatic carbocycles. The van der Waals surface area contributed by atoms with Crippen LogP contribution in [0.15, 0.2) is 0 Å².